The minimum Gasteiger partial charge on any atom is -0.411 e. The summed E-state index contributed by atoms with van der Waals surface area (Å²) in [5.41, 5.74) is 2.69. The molecule has 0 saturated carbocycles. The second kappa shape index (κ2) is 6.80. The fourth-order valence-corrected chi connectivity index (χ4v) is 11.5. The lowest BCUT2D eigenvalue weighted by atomic mass is 11.4. The maximum atomic E-state index is 5.88. The SMILES string of the molecule is C#C[Si](O[SiH](C)C)(O[SiH](C)C)O[SiH](C)C. The highest BCUT2D eigenvalue weighted by Gasteiger charge is 2.41. The first-order chi connectivity index (χ1) is 6.81. The fourth-order valence-electron chi connectivity index (χ4n) is 1.12. The van der Waals surface area contributed by atoms with Crippen molar-refractivity contribution >= 4 is 35.9 Å². The molecular formula is C8H22O3Si4. The summed E-state index contributed by atoms with van der Waals surface area (Å²) in [6.07, 6.45) is 5.56. The van der Waals surface area contributed by atoms with Crippen molar-refractivity contribution in [3.8, 4) is 12.0 Å². The predicted octanol–water partition coefficient (Wildman–Crippen LogP) is 1.10. The normalized spacial score (nSPS) is 12.5. The van der Waals surface area contributed by atoms with Crippen molar-refractivity contribution in [1.29, 1.82) is 0 Å². The molecule has 0 aromatic rings. The van der Waals surface area contributed by atoms with Crippen molar-refractivity contribution in [3.63, 3.8) is 0 Å². The molecule has 3 nitrogen and oxygen atoms in total. The molecule has 0 radical (unpaired) electrons. The van der Waals surface area contributed by atoms with Crippen molar-refractivity contribution in [2.45, 2.75) is 39.3 Å². The summed E-state index contributed by atoms with van der Waals surface area (Å²) in [6, 6.07) is 0. The Balaban J connectivity index is 4.69. The van der Waals surface area contributed by atoms with Gasteiger partial charge in [0.15, 0.2) is 27.1 Å². The summed E-state index contributed by atoms with van der Waals surface area (Å²) in [7, 11) is -6.40. The molecule has 0 unspecified atom stereocenters. The zero-order chi connectivity index (χ0) is 12.1. The number of hydrogen-bond donors (Lipinski definition) is 0. The standard InChI is InChI=1S/C8H22O3Si4/c1-8-15(9-12(2)3,10-13(4)5)11-14(6)7/h1,12-14H,2-7H3. The lowest BCUT2D eigenvalue weighted by Gasteiger charge is -2.30. The molecule has 0 aliphatic rings. The summed E-state index contributed by atoms with van der Waals surface area (Å²) < 4.78 is 17.6. The van der Waals surface area contributed by atoms with Gasteiger partial charge in [-0.2, -0.15) is 0 Å². The van der Waals surface area contributed by atoms with E-state index in [-0.39, 0.29) is 0 Å². The number of hydrogen-bond acceptors (Lipinski definition) is 3. The molecular weight excluding hydrogens is 256 g/mol. The molecule has 0 heterocycles. The summed E-state index contributed by atoms with van der Waals surface area (Å²) in [5, 5.41) is 0. The zero-order valence-electron chi connectivity index (χ0n) is 10.5. The van der Waals surface area contributed by atoms with Crippen molar-refractivity contribution in [3.05, 3.63) is 0 Å². The topological polar surface area (TPSA) is 27.7 Å². The highest BCUT2D eigenvalue weighted by atomic mass is 28.5. The molecule has 0 atom stereocenters. The van der Waals surface area contributed by atoms with E-state index in [4.69, 9.17) is 18.8 Å². The van der Waals surface area contributed by atoms with Gasteiger partial charge in [0.25, 0.3) is 0 Å². The zero-order valence-corrected chi connectivity index (χ0v) is 15.0. The van der Waals surface area contributed by atoms with E-state index in [0.29, 0.717) is 0 Å². The van der Waals surface area contributed by atoms with Crippen molar-refractivity contribution in [2.75, 3.05) is 0 Å². The average Bonchev–Trinajstić information content (AvgIpc) is 1.99. The Morgan fingerprint density at radius 2 is 1.07 bits per heavy atom. The van der Waals surface area contributed by atoms with Crippen molar-refractivity contribution in [1.82, 2.24) is 0 Å². The van der Waals surface area contributed by atoms with Gasteiger partial charge < -0.3 is 12.3 Å². The molecule has 0 aliphatic heterocycles. The van der Waals surface area contributed by atoms with Crippen molar-refractivity contribution in [2.24, 2.45) is 0 Å². The predicted molar refractivity (Wildman–Crippen MR) is 74.5 cm³/mol. The van der Waals surface area contributed by atoms with Crippen LogP contribution < -0.4 is 0 Å². The number of rotatable bonds is 6. The van der Waals surface area contributed by atoms with Crippen LogP contribution in [0.4, 0.5) is 0 Å². The monoisotopic (exact) mass is 278 g/mol. The van der Waals surface area contributed by atoms with Crippen LogP contribution in [0.5, 0.6) is 0 Å². The van der Waals surface area contributed by atoms with Crippen LogP contribution in [0.2, 0.25) is 39.3 Å². The van der Waals surface area contributed by atoms with Gasteiger partial charge in [-0.3, -0.25) is 0 Å². The molecule has 0 saturated heterocycles. The van der Waals surface area contributed by atoms with Gasteiger partial charge in [-0.15, -0.1) is 6.42 Å². The van der Waals surface area contributed by atoms with Crippen LogP contribution in [-0.2, 0) is 12.3 Å². The largest absolute Gasteiger partial charge is 0.559 e. The lowest BCUT2D eigenvalue weighted by Crippen LogP contribution is -2.52. The molecule has 0 aromatic heterocycles. The molecule has 88 valence electrons. The quantitative estimate of drug-likeness (QED) is 0.538. The second-order valence-corrected chi connectivity index (χ2v) is 14.7. The maximum absolute atomic E-state index is 5.88. The van der Waals surface area contributed by atoms with Gasteiger partial charge in [0, 0.05) is 0 Å². The second-order valence-electron chi connectivity index (χ2n) is 4.20. The highest BCUT2D eigenvalue weighted by Crippen LogP contribution is 2.13. The lowest BCUT2D eigenvalue weighted by molar-refractivity contribution is 0.292. The minimum atomic E-state index is -2.75. The van der Waals surface area contributed by atoms with Crippen LogP contribution in [0.1, 0.15) is 0 Å². The van der Waals surface area contributed by atoms with E-state index in [9.17, 15) is 0 Å². The molecule has 7 heteroatoms. The Hall–Kier alpha value is 0.308. The van der Waals surface area contributed by atoms with Crippen LogP contribution in [0.15, 0.2) is 0 Å². The molecule has 0 aliphatic carbocycles. The van der Waals surface area contributed by atoms with Gasteiger partial charge in [-0.1, -0.05) is 0 Å². The third-order valence-electron chi connectivity index (χ3n) is 1.35. The van der Waals surface area contributed by atoms with E-state index in [1.54, 1.807) is 0 Å². The van der Waals surface area contributed by atoms with Gasteiger partial charge in [0.2, 0.25) is 0 Å². The van der Waals surface area contributed by atoms with Gasteiger partial charge in [-0.05, 0) is 44.8 Å². The number of terminal acetylenes is 1. The minimum absolute atomic E-state index is 1.22. The fraction of sp³-hybridized carbons (Fsp3) is 0.750. The third-order valence-corrected chi connectivity index (χ3v) is 11.1. The van der Waals surface area contributed by atoms with Crippen LogP contribution in [0.25, 0.3) is 0 Å². The summed E-state index contributed by atoms with van der Waals surface area (Å²) in [4.78, 5) is 0. The smallest absolute Gasteiger partial charge is 0.411 e. The van der Waals surface area contributed by atoms with Crippen LogP contribution in [0, 0.1) is 12.0 Å². The van der Waals surface area contributed by atoms with E-state index >= 15 is 0 Å². The Morgan fingerprint density at radius 1 is 0.800 bits per heavy atom. The van der Waals surface area contributed by atoms with Crippen LogP contribution >= 0.6 is 0 Å². The highest BCUT2D eigenvalue weighted by molar-refractivity contribution is 6.84. The molecule has 0 aromatic carbocycles. The maximum Gasteiger partial charge on any atom is 0.559 e. The molecule has 0 bridgehead atoms. The van der Waals surface area contributed by atoms with Gasteiger partial charge >= 0.3 is 8.80 Å². The molecule has 0 N–H and O–H groups in total. The third kappa shape index (κ3) is 6.47. The molecule has 0 amide bonds. The Morgan fingerprint density at radius 3 is 1.20 bits per heavy atom. The van der Waals surface area contributed by atoms with E-state index in [2.05, 4.69) is 44.8 Å². The van der Waals surface area contributed by atoms with Crippen LogP contribution in [0.3, 0.4) is 0 Å². The van der Waals surface area contributed by atoms with E-state index in [0.717, 1.165) is 0 Å². The molecule has 0 rings (SSSR count). The van der Waals surface area contributed by atoms with E-state index in [1.807, 2.05) is 0 Å². The van der Waals surface area contributed by atoms with Crippen molar-refractivity contribution < 1.29 is 12.3 Å². The van der Waals surface area contributed by atoms with Gasteiger partial charge in [0.05, 0.1) is 0 Å². The summed E-state index contributed by atoms with van der Waals surface area (Å²) >= 11 is 0. The average molecular weight is 279 g/mol. The molecule has 15 heavy (non-hydrogen) atoms. The first kappa shape index (κ1) is 15.3. The Labute approximate surface area is 99.7 Å². The van der Waals surface area contributed by atoms with Gasteiger partial charge in [-0.25, -0.2) is 0 Å². The Kier molecular flexibility index (Phi) is 6.94. The first-order valence-corrected chi connectivity index (χ1v) is 15.4. The summed E-state index contributed by atoms with van der Waals surface area (Å²) in [5.74, 6) is 0. The van der Waals surface area contributed by atoms with Gasteiger partial charge in [0.1, 0.15) is 0 Å². The summed E-state index contributed by atoms with van der Waals surface area (Å²) in [6.45, 7) is 12.6. The first-order valence-electron chi connectivity index (χ1n) is 5.32. The van der Waals surface area contributed by atoms with E-state index < -0.39 is 35.9 Å². The molecule has 0 spiro atoms. The van der Waals surface area contributed by atoms with Crippen LogP contribution in [-0.4, -0.2) is 35.9 Å². The molecule has 0 fully saturated rings. The Bertz CT molecular complexity index is 198. The van der Waals surface area contributed by atoms with E-state index in [1.165, 1.54) is 0 Å².